The van der Waals surface area contributed by atoms with Crippen LogP contribution in [0, 0.1) is 18.3 Å². The van der Waals surface area contributed by atoms with Crippen LogP contribution in [0.3, 0.4) is 0 Å². The molecule has 1 amide bonds. The smallest absolute Gasteiger partial charge is 0.222 e. The van der Waals surface area contributed by atoms with Gasteiger partial charge in [-0.3, -0.25) is 4.79 Å². The largest absolute Gasteiger partial charge is 0.383 e. The Hall–Kier alpha value is -2.02. The first-order chi connectivity index (χ1) is 8.81. The SMILES string of the molecule is Cc1ccc(NCCC(=O)NC(C)(C)C)c(C#N)c1. The number of aryl methyl sites for hydroxylation is 1. The third-order valence-corrected chi connectivity index (χ3v) is 2.48. The molecule has 0 radical (unpaired) electrons. The Morgan fingerprint density at radius 2 is 2.05 bits per heavy atom. The van der Waals surface area contributed by atoms with Gasteiger partial charge >= 0.3 is 0 Å². The molecule has 0 unspecified atom stereocenters. The van der Waals surface area contributed by atoms with Crippen LogP contribution >= 0.6 is 0 Å². The van der Waals surface area contributed by atoms with E-state index in [2.05, 4.69) is 16.7 Å². The van der Waals surface area contributed by atoms with E-state index in [0.717, 1.165) is 11.3 Å². The highest BCUT2D eigenvalue weighted by atomic mass is 16.1. The van der Waals surface area contributed by atoms with Crippen LogP contribution in [0.5, 0.6) is 0 Å². The molecule has 0 fully saturated rings. The lowest BCUT2D eigenvalue weighted by atomic mass is 10.1. The molecule has 0 aliphatic carbocycles. The predicted molar refractivity (Wildman–Crippen MR) is 76.9 cm³/mol. The van der Waals surface area contributed by atoms with E-state index in [1.165, 1.54) is 0 Å². The van der Waals surface area contributed by atoms with Crippen LogP contribution in [0.1, 0.15) is 38.3 Å². The average Bonchev–Trinajstić information content (AvgIpc) is 2.28. The first kappa shape index (κ1) is 15.0. The maximum Gasteiger partial charge on any atom is 0.222 e. The van der Waals surface area contributed by atoms with Crippen molar-refractivity contribution in [3.8, 4) is 6.07 Å². The van der Waals surface area contributed by atoms with Gasteiger partial charge in [-0.1, -0.05) is 6.07 Å². The lowest BCUT2D eigenvalue weighted by Gasteiger charge is -2.20. The van der Waals surface area contributed by atoms with Crippen molar-refractivity contribution in [2.24, 2.45) is 0 Å². The summed E-state index contributed by atoms with van der Waals surface area (Å²) < 4.78 is 0. The third kappa shape index (κ3) is 5.43. The number of carbonyl (C=O) groups is 1. The number of anilines is 1. The zero-order chi connectivity index (χ0) is 14.5. The topological polar surface area (TPSA) is 64.9 Å². The molecule has 0 heterocycles. The average molecular weight is 259 g/mol. The summed E-state index contributed by atoms with van der Waals surface area (Å²) in [5.41, 5.74) is 2.22. The molecule has 2 N–H and O–H groups in total. The fourth-order valence-electron chi connectivity index (χ4n) is 1.70. The van der Waals surface area contributed by atoms with E-state index >= 15 is 0 Å². The van der Waals surface area contributed by atoms with Gasteiger partial charge in [0, 0.05) is 18.5 Å². The second-order valence-electron chi connectivity index (χ2n) is 5.64. The van der Waals surface area contributed by atoms with Gasteiger partial charge in [0.1, 0.15) is 6.07 Å². The predicted octanol–water partition coefficient (Wildman–Crippen LogP) is 2.58. The van der Waals surface area contributed by atoms with E-state index in [0.29, 0.717) is 18.5 Å². The fourth-order valence-corrected chi connectivity index (χ4v) is 1.70. The monoisotopic (exact) mass is 259 g/mol. The second kappa shape index (κ2) is 6.24. The van der Waals surface area contributed by atoms with Gasteiger partial charge in [-0.05, 0) is 45.4 Å². The molecule has 0 aromatic heterocycles. The van der Waals surface area contributed by atoms with Crippen molar-refractivity contribution in [3.05, 3.63) is 29.3 Å². The third-order valence-electron chi connectivity index (χ3n) is 2.48. The van der Waals surface area contributed by atoms with Gasteiger partial charge in [-0.25, -0.2) is 0 Å². The van der Waals surface area contributed by atoms with Crippen LogP contribution in [0.15, 0.2) is 18.2 Å². The number of nitrogens with zero attached hydrogens (tertiary/aromatic N) is 1. The number of hydrogen-bond acceptors (Lipinski definition) is 3. The molecular weight excluding hydrogens is 238 g/mol. The van der Waals surface area contributed by atoms with Gasteiger partial charge in [0.2, 0.25) is 5.91 Å². The Kier molecular flexibility index (Phi) is 4.94. The standard InChI is InChI=1S/C15H21N3O/c1-11-5-6-13(12(9-11)10-16)17-8-7-14(19)18-15(2,3)4/h5-6,9,17H,7-8H2,1-4H3,(H,18,19). The summed E-state index contributed by atoms with van der Waals surface area (Å²) in [6.45, 7) is 8.31. The lowest BCUT2D eigenvalue weighted by Crippen LogP contribution is -2.41. The van der Waals surface area contributed by atoms with Gasteiger partial charge in [0.15, 0.2) is 0 Å². The van der Waals surface area contributed by atoms with Gasteiger partial charge in [-0.15, -0.1) is 0 Å². The van der Waals surface area contributed by atoms with E-state index in [1.54, 1.807) is 0 Å². The summed E-state index contributed by atoms with van der Waals surface area (Å²) in [5.74, 6) is 0.00520. The van der Waals surface area contributed by atoms with Crippen molar-refractivity contribution in [1.29, 1.82) is 5.26 Å². The summed E-state index contributed by atoms with van der Waals surface area (Å²) in [6, 6.07) is 7.79. The van der Waals surface area contributed by atoms with Crippen LogP contribution in [-0.4, -0.2) is 18.0 Å². The number of benzene rings is 1. The number of amides is 1. The number of carbonyl (C=O) groups excluding carboxylic acids is 1. The zero-order valence-electron chi connectivity index (χ0n) is 12.0. The first-order valence-corrected chi connectivity index (χ1v) is 6.37. The van der Waals surface area contributed by atoms with Crippen LogP contribution in [0.4, 0.5) is 5.69 Å². The van der Waals surface area contributed by atoms with Crippen LogP contribution in [-0.2, 0) is 4.79 Å². The Balaban J connectivity index is 2.50. The van der Waals surface area contributed by atoms with Crippen LogP contribution in [0.2, 0.25) is 0 Å². The molecule has 0 aliphatic rings. The van der Waals surface area contributed by atoms with Crippen molar-refractivity contribution in [3.63, 3.8) is 0 Å². The normalized spacial score (nSPS) is 10.7. The molecule has 0 saturated heterocycles. The molecule has 0 spiro atoms. The van der Waals surface area contributed by atoms with E-state index in [-0.39, 0.29) is 11.4 Å². The summed E-state index contributed by atoms with van der Waals surface area (Å²) in [7, 11) is 0. The first-order valence-electron chi connectivity index (χ1n) is 6.37. The minimum Gasteiger partial charge on any atom is -0.383 e. The van der Waals surface area contributed by atoms with Crippen molar-refractivity contribution in [2.75, 3.05) is 11.9 Å². The van der Waals surface area contributed by atoms with Crippen LogP contribution in [0.25, 0.3) is 0 Å². The highest BCUT2D eigenvalue weighted by Gasteiger charge is 2.13. The molecule has 0 aliphatic heterocycles. The molecule has 102 valence electrons. The Bertz CT molecular complexity index is 495. The summed E-state index contributed by atoms with van der Waals surface area (Å²) in [4.78, 5) is 11.6. The van der Waals surface area contributed by atoms with Gasteiger partial charge in [0.05, 0.1) is 11.3 Å². The van der Waals surface area contributed by atoms with E-state index in [9.17, 15) is 4.79 Å². The number of rotatable bonds is 4. The highest BCUT2D eigenvalue weighted by Crippen LogP contribution is 2.16. The molecule has 1 aromatic rings. The number of hydrogen-bond donors (Lipinski definition) is 2. The minimum atomic E-state index is -0.210. The molecular formula is C15H21N3O. The van der Waals surface area contributed by atoms with Crippen molar-refractivity contribution < 1.29 is 4.79 Å². The Morgan fingerprint density at radius 3 is 2.63 bits per heavy atom. The maximum atomic E-state index is 11.6. The van der Waals surface area contributed by atoms with E-state index in [1.807, 2.05) is 45.9 Å². The van der Waals surface area contributed by atoms with Gasteiger partial charge in [-0.2, -0.15) is 5.26 Å². The molecule has 0 atom stereocenters. The summed E-state index contributed by atoms with van der Waals surface area (Å²) in [5, 5.41) is 15.1. The molecule has 0 bridgehead atoms. The quantitative estimate of drug-likeness (QED) is 0.873. The molecule has 4 nitrogen and oxygen atoms in total. The van der Waals surface area contributed by atoms with Crippen molar-refractivity contribution in [1.82, 2.24) is 5.32 Å². The molecule has 0 saturated carbocycles. The van der Waals surface area contributed by atoms with Gasteiger partial charge in [0.25, 0.3) is 0 Å². The molecule has 1 rings (SSSR count). The van der Waals surface area contributed by atoms with Crippen molar-refractivity contribution in [2.45, 2.75) is 39.7 Å². The zero-order valence-corrected chi connectivity index (χ0v) is 12.0. The Morgan fingerprint density at radius 1 is 1.37 bits per heavy atom. The minimum absolute atomic E-state index is 0.00520. The Labute approximate surface area is 114 Å². The maximum absolute atomic E-state index is 11.6. The van der Waals surface area contributed by atoms with Crippen molar-refractivity contribution >= 4 is 11.6 Å². The second-order valence-corrected chi connectivity index (χ2v) is 5.64. The molecule has 19 heavy (non-hydrogen) atoms. The van der Waals surface area contributed by atoms with Gasteiger partial charge < -0.3 is 10.6 Å². The summed E-state index contributed by atoms with van der Waals surface area (Å²) in [6.07, 6.45) is 0.385. The number of nitrogens with one attached hydrogen (secondary N) is 2. The lowest BCUT2D eigenvalue weighted by molar-refractivity contribution is -0.122. The van der Waals surface area contributed by atoms with E-state index in [4.69, 9.17) is 5.26 Å². The summed E-state index contributed by atoms with van der Waals surface area (Å²) >= 11 is 0. The molecule has 4 heteroatoms. The fraction of sp³-hybridized carbons (Fsp3) is 0.467. The van der Waals surface area contributed by atoms with Crippen LogP contribution < -0.4 is 10.6 Å². The molecule has 1 aromatic carbocycles. The number of nitriles is 1. The van der Waals surface area contributed by atoms with E-state index < -0.39 is 0 Å². The highest BCUT2D eigenvalue weighted by molar-refractivity contribution is 5.77.